The normalized spacial score (nSPS) is 29.5. The molecule has 0 aromatic carbocycles. The Hall–Kier alpha value is -1.03. The van der Waals surface area contributed by atoms with E-state index < -0.39 is 14.1 Å². The molecule has 2 aromatic rings. The Balaban J connectivity index is 1.62. The minimum atomic E-state index is -1.91. The summed E-state index contributed by atoms with van der Waals surface area (Å²) in [5.74, 6) is -0.678. The summed E-state index contributed by atoms with van der Waals surface area (Å²) in [5, 5.41) is 1.33. The van der Waals surface area contributed by atoms with Gasteiger partial charge in [0.05, 0.1) is 12.0 Å². The standard InChI is InChI=1S/C20H30ClN3O4Si/c1-19(2,3)29(6,7)25-10-13-14-15(28-20(4,5)27-14)18(26-13)24-9-8-12-16(21)22-11-23-17(12)24/h8-9,11,13-15,18H,10H2,1-7H3/t13-,14+,15?,18-/m1/s1. The Morgan fingerprint density at radius 3 is 2.59 bits per heavy atom. The van der Waals surface area contributed by atoms with Crippen LogP contribution in [0.5, 0.6) is 0 Å². The van der Waals surface area contributed by atoms with Crippen molar-refractivity contribution in [2.45, 2.75) is 83.1 Å². The number of nitrogens with zero attached hydrogens (tertiary/aromatic N) is 3. The van der Waals surface area contributed by atoms with Gasteiger partial charge in [-0.2, -0.15) is 0 Å². The van der Waals surface area contributed by atoms with Crippen molar-refractivity contribution in [3.8, 4) is 0 Å². The molecule has 2 aliphatic heterocycles. The predicted molar refractivity (Wildman–Crippen MR) is 113 cm³/mol. The first-order valence-corrected chi connectivity index (χ1v) is 13.3. The average molecular weight is 440 g/mol. The van der Waals surface area contributed by atoms with E-state index in [2.05, 4.69) is 43.8 Å². The summed E-state index contributed by atoms with van der Waals surface area (Å²) in [6.45, 7) is 15.5. The van der Waals surface area contributed by atoms with Crippen molar-refractivity contribution in [2.75, 3.05) is 6.61 Å². The first-order valence-electron chi connectivity index (χ1n) is 10.0. The Morgan fingerprint density at radius 1 is 1.21 bits per heavy atom. The summed E-state index contributed by atoms with van der Waals surface area (Å²) < 4.78 is 27.3. The molecule has 0 N–H and O–H groups in total. The van der Waals surface area contributed by atoms with E-state index in [9.17, 15) is 0 Å². The number of fused-ring (bicyclic) bond motifs is 2. The van der Waals surface area contributed by atoms with E-state index in [1.54, 1.807) is 0 Å². The zero-order valence-corrected chi connectivity index (χ0v) is 19.9. The van der Waals surface area contributed by atoms with Crippen LogP contribution in [-0.4, -0.2) is 53.6 Å². The maximum absolute atomic E-state index is 6.45. The van der Waals surface area contributed by atoms with Gasteiger partial charge in [-0.15, -0.1) is 0 Å². The van der Waals surface area contributed by atoms with Crippen LogP contribution >= 0.6 is 11.6 Å². The molecule has 9 heteroatoms. The number of hydrogen-bond donors (Lipinski definition) is 0. The molecule has 0 bridgehead atoms. The molecule has 4 atom stereocenters. The molecular formula is C20H30ClN3O4Si. The number of aromatic nitrogens is 3. The minimum Gasteiger partial charge on any atom is -0.414 e. The van der Waals surface area contributed by atoms with Gasteiger partial charge in [0.25, 0.3) is 0 Å². The number of ether oxygens (including phenoxy) is 3. The minimum absolute atomic E-state index is 0.126. The largest absolute Gasteiger partial charge is 0.414 e. The maximum Gasteiger partial charge on any atom is 0.192 e. The van der Waals surface area contributed by atoms with Crippen molar-refractivity contribution in [3.63, 3.8) is 0 Å². The highest BCUT2D eigenvalue weighted by Gasteiger charge is 2.56. The molecular weight excluding hydrogens is 410 g/mol. The Bertz CT molecular complexity index is 911. The molecule has 0 saturated carbocycles. The summed E-state index contributed by atoms with van der Waals surface area (Å²) in [6, 6.07) is 1.90. The molecule has 2 aromatic heterocycles. The third-order valence-corrected chi connectivity index (χ3v) is 11.1. The zero-order chi connectivity index (χ0) is 21.2. The van der Waals surface area contributed by atoms with Gasteiger partial charge >= 0.3 is 0 Å². The van der Waals surface area contributed by atoms with E-state index >= 15 is 0 Å². The molecule has 0 radical (unpaired) electrons. The van der Waals surface area contributed by atoms with Gasteiger partial charge < -0.3 is 23.2 Å². The number of halogens is 1. The summed E-state index contributed by atoms with van der Waals surface area (Å²) in [6.07, 6.45) is 2.30. The molecule has 7 nitrogen and oxygen atoms in total. The van der Waals surface area contributed by atoms with Crippen molar-refractivity contribution >= 4 is 31.0 Å². The van der Waals surface area contributed by atoms with Crippen LogP contribution in [0.15, 0.2) is 18.6 Å². The topological polar surface area (TPSA) is 67.6 Å². The van der Waals surface area contributed by atoms with Crippen LogP contribution in [0.3, 0.4) is 0 Å². The first kappa shape index (κ1) is 21.2. The zero-order valence-electron chi connectivity index (χ0n) is 18.1. The monoisotopic (exact) mass is 439 g/mol. The highest BCUT2D eigenvalue weighted by molar-refractivity contribution is 6.74. The molecule has 4 heterocycles. The summed E-state index contributed by atoms with van der Waals surface area (Å²) >= 11 is 6.23. The molecule has 1 unspecified atom stereocenters. The third kappa shape index (κ3) is 3.75. The van der Waals surface area contributed by atoms with Crippen LogP contribution in [0.2, 0.25) is 23.3 Å². The maximum atomic E-state index is 6.45. The fourth-order valence-electron chi connectivity index (χ4n) is 3.67. The van der Waals surface area contributed by atoms with Gasteiger partial charge in [0.2, 0.25) is 0 Å². The number of rotatable bonds is 4. The molecule has 160 valence electrons. The average Bonchev–Trinajstić information content (AvgIpc) is 3.24. The quantitative estimate of drug-likeness (QED) is 0.515. The fourth-order valence-corrected chi connectivity index (χ4v) is 4.87. The lowest BCUT2D eigenvalue weighted by Crippen LogP contribution is -2.44. The van der Waals surface area contributed by atoms with Crippen molar-refractivity contribution in [3.05, 3.63) is 23.7 Å². The van der Waals surface area contributed by atoms with Crippen LogP contribution in [0.4, 0.5) is 0 Å². The van der Waals surface area contributed by atoms with Gasteiger partial charge in [-0.05, 0) is 38.0 Å². The van der Waals surface area contributed by atoms with E-state index in [4.69, 9.17) is 30.2 Å². The molecule has 29 heavy (non-hydrogen) atoms. The molecule has 0 spiro atoms. The van der Waals surface area contributed by atoms with Crippen LogP contribution in [0.25, 0.3) is 11.0 Å². The molecule has 2 aliphatic rings. The van der Waals surface area contributed by atoms with Crippen molar-refractivity contribution in [1.29, 1.82) is 0 Å². The van der Waals surface area contributed by atoms with Crippen LogP contribution < -0.4 is 0 Å². The second-order valence-electron chi connectivity index (χ2n) is 9.83. The Labute approximate surface area is 177 Å². The Kier molecular flexibility index (Phi) is 5.12. The summed E-state index contributed by atoms with van der Waals surface area (Å²) in [5.41, 5.74) is 0.716. The van der Waals surface area contributed by atoms with Crippen LogP contribution in [-0.2, 0) is 18.6 Å². The van der Waals surface area contributed by atoms with Gasteiger partial charge in [0.15, 0.2) is 20.3 Å². The van der Waals surface area contributed by atoms with Gasteiger partial charge in [-0.3, -0.25) is 0 Å². The van der Waals surface area contributed by atoms with Crippen molar-refractivity contribution < 1.29 is 18.6 Å². The van der Waals surface area contributed by atoms with E-state index in [0.29, 0.717) is 17.4 Å². The van der Waals surface area contributed by atoms with E-state index in [1.807, 2.05) is 30.7 Å². The number of hydrogen-bond acceptors (Lipinski definition) is 6. The molecule has 0 amide bonds. The van der Waals surface area contributed by atoms with Gasteiger partial charge in [0.1, 0.15) is 35.4 Å². The second-order valence-corrected chi connectivity index (χ2v) is 15.0. The van der Waals surface area contributed by atoms with E-state index in [-0.39, 0.29) is 29.6 Å². The van der Waals surface area contributed by atoms with Gasteiger partial charge in [-0.25, -0.2) is 9.97 Å². The highest BCUT2D eigenvalue weighted by atomic mass is 35.5. The lowest BCUT2D eigenvalue weighted by atomic mass is 10.1. The molecule has 0 aliphatic carbocycles. The smallest absolute Gasteiger partial charge is 0.192 e. The molecule has 2 saturated heterocycles. The van der Waals surface area contributed by atoms with Crippen molar-refractivity contribution in [2.24, 2.45) is 0 Å². The van der Waals surface area contributed by atoms with Crippen molar-refractivity contribution in [1.82, 2.24) is 14.5 Å². The lowest BCUT2D eigenvalue weighted by Gasteiger charge is -2.37. The van der Waals surface area contributed by atoms with E-state index in [1.165, 1.54) is 6.33 Å². The first-order chi connectivity index (χ1) is 13.4. The second kappa shape index (κ2) is 7.00. The predicted octanol–water partition coefficient (Wildman–Crippen LogP) is 4.52. The molecule has 4 rings (SSSR count). The fraction of sp³-hybridized carbons (Fsp3) is 0.700. The van der Waals surface area contributed by atoms with Gasteiger partial charge in [-0.1, -0.05) is 32.4 Å². The highest BCUT2D eigenvalue weighted by Crippen LogP contribution is 2.45. The van der Waals surface area contributed by atoms with Crippen LogP contribution in [0.1, 0.15) is 40.8 Å². The SMILES string of the molecule is CC1(C)OC2[C@@H](O1)[C@@H](CO[Si](C)(C)C(C)(C)C)O[C@H]2n1ccc2c(Cl)ncnc21. The molecule has 2 fully saturated rings. The lowest BCUT2D eigenvalue weighted by molar-refractivity contribution is -0.199. The van der Waals surface area contributed by atoms with E-state index in [0.717, 1.165) is 5.39 Å². The summed E-state index contributed by atoms with van der Waals surface area (Å²) in [7, 11) is -1.91. The summed E-state index contributed by atoms with van der Waals surface area (Å²) in [4.78, 5) is 8.47. The van der Waals surface area contributed by atoms with Crippen LogP contribution in [0, 0.1) is 0 Å². The van der Waals surface area contributed by atoms with Gasteiger partial charge in [0, 0.05) is 6.20 Å². The Morgan fingerprint density at radius 2 is 1.90 bits per heavy atom. The third-order valence-electron chi connectivity index (χ3n) is 6.27.